The summed E-state index contributed by atoms with van der Waals surface area (Å²) in [4.78, 5) is 20.5. The molecule has 5 aromatic carbocycles. The summed E-state index contributed by atoms with van der Waals surface area (Å²) in [6.45, 7) is 0.320. The van der Waals surface area contributed by atoms with E-state index in [9.17, 15) is 4.79 Å². The molecule has 0 N–H and O–H groups in total. The number of aliphatic imine (C=N–C) groups is 1. The van der Waals surface area contributed by atoms with Crippen LogP contribution in [0.15, 0.2) is 125 Å². The third-order valence-corrected chi connectivity index (χ3v) is 7.90. The lowest BCUT2D eigenvalue weighted by Gasteiger charge is -2.15. The molecule has 5 aromatic rings. The predicted octanol–water partition coefficient (Wildman–Crippen LogP) is 9.53. The summed E-state index contributed by atoms with van der Waals surface area (Å²) in [5.41, 5.74) is 3.23. The van der Waals surface area contributed by atoms with Crippen LogP contribution in [0, 0.1) is 0 Å². The summed E-state index contributed by atoms with van der Waals surface area (Å²) in [6.07, 6.45) is 1.78. The van der Waals surface area contributed by atoms with Gasteiger partial charge in [-0.3, -0.25) is 9.69 Å². The van der Waals surface area contributed by atoms with Gasteiger partial charge in [0.2, 0.25) is 0 Å². The maximum atomic E-state index is 13.6. The zero-order valence-corrected chi connectivity index (χ0v) is 23.5. The van der Waals surface area contributed by atoms with E-state index in [1.54, 1.807) is 23.1 Å². The fraction of sp³-hybridized carbons (Fsp3) is 0.0303. The Kier molecular flexibility index (Phi) is 7.60. The maximum Gasteiger partial charge on any atom is 0.271 e. The van der Waals surface area contributed by atoms with E-state index in [0.29, 0.717) is 38.0 Å². The van der Waals surface area contributed by atoms with Crippen molar-refractivity contribution in [3.63, 3.8) is 0 Å². The molecule has 0 aromatic heterocycles. The van der Waals surface area contributed by atoms with Gasteiger partial charge in [0.05, 0.1) is 26.3 Å². The predicted molar refractivity (Wildman–Crippen MR) is 168 cm³/mol. The quantitative estimate of drug-likeness (QED) is 0.188. The van der Waals surface area contributed by atoms with Crippen molar-refractivity contribution >= 4 is 74.3 Å². The van der Waals surface area contributed by atoms with Crippen molar-refractivity contribution in [2.75, 3.05) is 4.90 Å². The Morgan fingerprint density at radius 2 is 1.45 bits per heavy atom. The number of thioether (sulfide) groups is 1. The van der Waals surface area contributed by atoms with Crippen LogP contribution < -0.4 is 9.64 Å². The van der Waals surface area contributed by atoms with Gasteiger partial charge in [-0.15, -0.1) is 0 Å². The number of hydrogen-bond acceptors (Lipinski definition) is 4. The number of benzene rings is 5. The molecule has 0 saturated carbocycles. The smallest absolute Gasteiger partial charge is 0.271 e. The Labute approximate surface area is 246 Å². The topological polar surface area (TPSA) is 41.9 Å². The molecule has 196 valence electrons. The molecule has 1 aliphatic rings. The Bertz CT molecular complexity index is 1740. The van der Waals surface area contributed by atoms with Crippen LogP contribution in [0.5, 0.6) is 5.75 Å². The molecule has 1 saturated heterocycles. The minimum absolute atomic E-state index is 0.172. The number of carbonyl (C=O) groups excluding carboxylic acids is 1. The van der Waals surface area contributed by atoms with E-state index in [2.05, 4.69) is 18.2 Å². The number of fused-ring (bicyclic) bond motifs is 1. The standard InChI is InChI=1S/C33H22Cl2N2O2S/c34-28-18-22(19-29(35)31(28)39-21-24-12-9-11-23-10-7-8-17-27(23)24)20-30-32(38)37(26-15-5-2-6-16-26)33(40-30)36-25-13-3-1-4-14-25/h1-20H,21H2/b30-20+,36-33?. The summed E-state index contributed by atoms with van der Waals surface area (Å²) < 4.78 is 6.08. The fourth-order valence-corrected chi connectivity index (χ4v) is 6.10. The molecule has 0 spiro atoms. The van der Waals surface area contributed by atoms with Gasteiger partial charge >= 0.3 is 0 Å². The Morgan fingerprint density at radius 1 is 0.800 bits per heavy atom. The molecular formula is C33H22Cl2N2O2S. The minimum Gasteiger partial charge on any atom is -0.486 e. The van der Waals surface area contributed by atoms with E-state index in [1.165, 1.54) is 11.8 Å². The summed E-state index contributed by atoms with van der Waals surface area (Å²) in [7, 11) is 0. The van der Waals surface area contributed by atoms with Crippen LogP contribution in [0.3, 0.4) is 0 Å². The van der Waals surface area contributed by atoms with Crippen LogP contribution in [-0.4, -0.2) is 11.1 Å². The molecule has 0 bridgehead atoms. The lowest BCUT2D eigenvalue weighted by atomic mass is 10.1. The average Bonchev–Trinajstić information content (AvgIpc) is 3.27. The molecule has 6 rings (SSSR count). The first-order valence-electron chi connectivity index (χ1n) is 12.6. The Balaban J connectivity index is 1.29. The highest BCUT2D eigenvalue weighted by Crippen LogP contribution is 2.40. The van der Waals surface area contributed by atoms with Gasteiger partial charge in [-0.2, -0.15) is 0 Å². The van der Waals surface area contributed by atoms with Crippen molar-refractivity contribution in [2.45, 2.75) is 6.61 Å². The Morgan fingerprint density at radius 3 is 2.20 bits per heavy atom. The van der Waals surface area contributed by atoms with Crippen molar-refractivity contribution < 1.29 is 9.53 Å². The third-order valence-electron chi connectivity index (χ3n) is 6.37. The van der Waals surface area contributed by atoms with Crippen molar-refractivity contribution in [3.8, 4) is 5.75 Å². The van der Waals surface area contributed by atoms with E-state index >= 15 is 0 Å². The number of halogens is 2. The second kappa shape index (κ2) is 11.6. The normalized spacial score (nSPS) is 15.3. The lowest BCUT2D eigenvalue weighted by molar-refractivity contribution is -0.113. The molecule has 1 fully saturated rings. The van der Waals surface area contributed by atoms with Crippen molar-refractivity contribution in [3.05, 3.63) is 141 Å². The first kappa shape index (κ1) is 26.2. The van der Waals surface area contributed by atoms with Gasteiger partial charge < -0.3 is 4.74 Å². The maximum absolute atomic E-state index is 13.6. The molecule has 0 aliphatic carbocycles. The molecule has 40 heavy (non-hydrogen) atoms. The number of anilines is 1. The SMILES string of the molecule is O=C1/C(=C\c2cc(Cl)c(OCc3cccc4ccccc34)c(Cl)c2)SC(=Nc2ccccc2)N1c1ccccc1. The number of nitrogens with zero attached hydrogens (tertiary/aromatic N) is 2. The zero-order chi connectivity index (χ0) is 27.5. The highest BCUT2D eigenvalue weighted by molar-refractivity contribution is 8.19. The summed E-state index contributed by atoms with van der Waals surface area (Å²) in [6, 6.07) is 36.8. The number of amides is 1. The first-order valence-corrected chi connectivity index (χ1v) is 14.2. The van der Waals surface area contributed by atoms with Crippen molar-refractivity contribution in [2.24, 2.45) is 4.99 Å². The number of amidine groups is 1. The van der Waals surface area contributed by atoms with Gasteiger partial charge in [0.15, 0.2) is 10.9 Å². The monoisotopic (exact) mass is 580 g/mol. The molecule has 4 nitrogen and oxygen atoms in total. The molecule has 0 radical (unpaired) electrons. The number of rotatable bonds is 6. The van der Waals surface area contributed by atoms with Gasteiger partial charge in [0.1, 0.15) is 6.61 Å². The number of para-hydroxylation sites is 2. The van der Waals surface area contributed by atoms with Gasteiger partial charge in [0.25, 0.3) is 5.91 Å². The van der Waals surface area contributed by atoms with Crippen LogP contribution >= 0.6 is 35.0 Å². The second-order valence-electron chi connectivity index (χ2n) is 9.06. The largest absolute Gasteiger partial charge is 0.486 e. The van der Waals surface area contributed by atoms with Crippen LogP contribution in [0.4, 0.5) is 11.4 Å². The Hall–Kier alpha value is -4.03. The van der Waals surface area contributed by atoms with Crippen molar-refractivity contribution in [1.29, 1.82) is 0 Å². The van der Waals surface area contributed by atoms with E-state index in [4.69, 9.17) is 32.9 Å². The van der Waals surface area contributed by atoms with Crippen LogP contribution in [0.25, 0.3) is 16.8 Å². The van der Waals surface area contributed by atoms with Crippen LogP contribution in [0.2, 0.25) is 10.0 Å². The summed E-state index contributed by atoms with van der Waals surface area (Å²) in [5.74, 6) is 0.232. The molecule has 1 aliphatic heterocycles. The molecule has 0 unspecified atom stereocenters. The van der Waals surface area contributed by atoms with Gasteiger partial charge in [-0.25, -0.2) is 4.99 Å². The summed E-state index contributed by atoms with van der Waals surface area (Å²) >= 11 is 14.6. The molecular weight excluding hydrogens is 559 g/mol. The van der Waals surface area contributed by atoms with Gasteiger partial charge in [0, 0.05) is 0 Å². The summed E-state index contributed by atoms with van der Waals surface area (Å²) in [5, 5.41) is 3.56. The highest BCUT2D eigenvalue weighted by Gasteiger charge is 2.34. The number of ether oxygens (including phenoxy) is 1. The van der Waals surface area contributed by atoms with E-state index < -0.39 is 0 Å². The average molecular weight is 582 g/mol. The molecule has 0 atom stereocenters. The first-order chi connectivity index (χ1) is 19.6. The van der Waals surface area contributed by atoms with Crippen LogP contribution in [-0.2, 0) is 11.4 Å². The minimum atomic E-state index is -0.172. The lowest BCUT2D eigenvalue weighted by Crippen LogP contribution is -2.28. The molecule has 7 heteroatoms. The fourth-order valence-electron chi connectivity index (χ4n) is 4.49. The second-order valence-corrected chi connectivity index (χ2v) is 10.9. The van der Waals surface area contributed by atoms with E-state index in [-0.39, 0.29) is 5.91 Å². The zero-order valence-electron chi connectivity index (χ0n) is 21.1. The molecule has 1 amide bonds. The third kappa shape index (κ3) is 5.50. The van der Waals surface area contributed by atoms with Crippen molar-refractivity contribution in [1.82, 2.24) is 0 Å². The highest BCUT2D eigenvalue weighted by atomic mass is 35.5. The number of carbonyl (C=O) groups is 1. The van der Waals surface area contributed by atoms with Gasteiger partial charge in [-0.1, -0.05) is 102 Å². The van der Waals surface area contributed by atoms with E-state index in [1.807, 2.05) is 84.9 Å². The van der Waals surface area contributed by atoms with Gasteiger partial charge in [-0.05, 0) is 76.1 Å². The number of hydrogen-bond donors (Lipinski definition) is 0. The van der Waals surface area contributed by atoms with E-state index in [0.717, 1.165) is 27.7 Å². The molecule has 1 heterocycles. The van der Waals surface area contributed by atoms with Crippen LogP contribution in [0.1, 0.15) is 11.1 Å².